The van der Waals surface area contributed by atoms with E-state index in [1.165, 1.54) is 51.6 Å². The molecule has 4 fully saturated rings. The number of piperidine rings is 1. The third kappa shape index (κ3) is 8.45. The molecule has 54 heavy (non-hydrogen) atoms. The molecule has 1 saturated carbocycles. The normalized spacial score (nSPS) is 24.2. The van der Waals surface area contributed by atoms with E-state index in [0.717, 1.165) is 42.0 Å². The van der Waals surface area contributed by atoms with Gasteiger partial charge in [-0.1, -0.05) is 110 Å². The Kier molecular flexibility index (Phi) is 12.5. The van der Waals surface area contributed by atoms with Crippen LogP contribution >= 0.6 is 0 Å². The van der Waals surface area contributed by atoms with E-state index in [-0.39, 0.29) is 30.2 Å². The number of hydrogen-bond acceptors (Lipinski definition) is 5. The van der Waals surface area contributed by atoms with E-state index in [1.54, 1.807) is 4.90 Å². The summed E-state index contributed by atoms with van der Waals surface area (Å²) < 4.78 is 0. The molecule has 288 valence electrons. The molecule has 8 nitrogen and oxygen atoms in total. The summed E-state index contributed by atoms with van der Waals surface area (Å²) in [5.41, 5.74) is 2.35. The van der Waals surface area contributed by atoms with E-state index < -0.39 is 17.5 Å². The topological polar surface area (TPSA) is 76.2 Å². The highest BCUT2D eigenvalue weighted by atomic mass is 16.2. The summed E-state index contributed by atoms with van der Waals surface area (Å²) in [4.78, 5) is 51.9. The van der Waals surface area contributed by atoms with Crippen molar-refractivity contribution in [2.45, 2.75) is 94.2 Å². The van der Waals surface area contributed by atoms with Gasteiger partial charge in [-0.15, -0.1) is 0 Å². The predicted octanol–water partition coefficient (Wildman–Crippen LogP) is 6.34. The Hall–Kier alpha value is -4.01. The van der Waals surface area contributed by atoms with Gasteiger partial charge in [0.1, 0.15) is 12.1 Å². The Balaban J connectivity index is 1.08. The molecule has 7 rings (SSSR count). The van der Waals surface area contributed by atoms with Gasteiger partial charge in [-0.3, -0.25) is 14.4 Å². The number of carbonyl (C=O) groups excluding carboxylic acids is 3. The summed E-state index contributed by atoms with van der Waals surface area (Å²) in [5.74, 6) is 1.09. The van der Waals surface area contributed by atoms with Gasteiger partial charge in [0.25, 0.3) is 0 Å². The molecule has 3 heterocycles. The van der Waals surface area contributed by atoms with Crippen LogP contribution < -0.4 is 5.32 Å². The van der Waals surface area contributed by atoms with Gasteiger partial charge in [0.05, 0.1) is 5.41 Å². The van der Waals surface area contributed by atoms with Crippen molar-refractivity contribution in [3.8, 4) is 0 Å². The molecule has 3 aliphatic heterocycles. The van der Waals surface area contributed by atoms with Crippen molar-refractivity contribution in [1.82, 2.24) is 24.9 Å². The molecule has 3 amide bonds. The van der Waals surface area contributed by atoms with E-state index in [9.17, 15) is 14.4 Å². The number of nitrogens with one attached hydrogen (secondary N) is 1. The number of amides is 3. The van der Waals surface area contributed by atoms with E-state index >= 15 is 0 Å². The van der Waals surface area contributed by atoms with Crippen LogP contribution in [0.1, 0.15) is 87.3 Å². The maximum Gasteiger partial charge on any atom is 0.246 e. The average molecular weight is 732 g/mol. The zero-order chi connectivity index (χ0) is 37.5. The van der Waals surface area contributed by atoms with Crippen LogP contribution in [0.5, 0.6) is 0 Å². The number of carbonyl (C=O) groups is 3. The van der Waals surface area contributed by atoms with Crippen LogP contribution in [-0.2, 0) is 19.8 Å². The fourth-order valence-corrected chi connectivity index (χ4v) is 10.1. The largest absolute Gasteiger partial charge is 0.354 e. The first-order valence-electron chi connectivity index (χ1n) is 20.8. The number of likely N-dealkylation sites (N-methyl/N-ethyl adjacent to an activating group) is 1. The summed E-state index contributed by atoms with van der Waals surface area (Å²) in [5, 5.41) is 3.29. The summed E-state index contributed by atoms with van der Waals surface area (Å²) in [7, 11) is 4.05. The van der Waals surface area contributed by atoms with Gasteiger partial charge in [0, 0.05) is 45.2 Å². The third-order valence-electron chi connectivity index (χ3n) is 13.1. The highest BCUT2D eigenvalue weighted by Gasteiger charge is 2.48. The molecule has 8 heteroatoms. The van der Waals surface area contributed by atoms with Crippen LogP contribution in [0, 0.1) is 11.8 Å². The first-order chi connectivity index (χ1) is 26.3. The lowest BCUT2D eigenvalue weighted by Crippen LogP contribution is -2.54. The molecule has 0 radical (unpaired) electrons. The SMILES string of the molecule is CN(C)[C@@H]1C[C@@H](C(=O)N2CCC[C@@H]2C(=O)NC[C@H]2CCCN(CC3CCCCC3)C2)N(C(=O)CC(c2ccccc2)(c2ccccc2)c2ccccc2)C1. The molecule has 4 aliphatic rings. The lowest BCUT2D eigenvalue weighted by molar-refractivity contribution is -0.146. The van der Waals surface area contributed by atoms with Gasteiger partial charge in [-0.2, -0.15) is 0 Å². The fourth-order valence-electron chi connectivity index (χ4n) is 10.1. The molecular weight excluding hydrogens is 671 g/mol. The lowest BCUT2D eigenvalue weighted by atomic mass is 9.67. The number of likely N-dealkylation sites (tertiary alicyclic amines) is 3. The maximum atomic E-state index is 15.0. The maximum absolute atomic E-state index is 15.0. The van der Waals surface area contributed by atoms with Gasteiger partial charge in [-0.05, 0) is 94.1 Å². The van der Waals surface area contributed by atoms with E-state index in [0.29, 0.717) is 38.4 Å². The van der Waals surface area contributed by atoms with Crippen molar-refractivity contribution in [3.05, 3.63) is 108 Å². The summed E-state index contributed by atoms with van der Waals surface area (Å²) in [6.07, 6.45) is 11.3. The Bertz CT molecular complexity index is 1580. The molecular formula is C46H61N5O3. The van der Waals surface area contributed by atoms with Crippen molar-refractivity contribution in [2.75, 3.05) is 53.4 Å². The van der Waals surface area contributed by atoms with Gasteiger partial charge in [0.2, 0.25) is 17.7 Å². The molecule has 4 atom stereocenters. The Morgan fingerprint density at radius 3 is 1.83 bits per heavy atom. The second-order valence-corrected chi connectivity index (χ2v) is 16.8. The molecule has 1 aliphatic carbocycles. The Labute approximate surface area is 323 Å². The van der Waals surface area contributed by atoms with Crippen molar-refractivity contribution < 1.29 is 14.4 Å². The summed E-state index contributed by atoms with van der Waals surface area (Å²) >= 11 is 0. The molecule has 0 spiro atoms. The zero-order valence-corrected chi connectivity index (χ0v) is 32.6. The van der Waals surface area contributed by atoms with Crippen molar-refractivity contribution in [2.24, 2.45) is 11.8 Å². The minimum absolute atomic E-state index is 0.0402. The van der Waals surface area contributed by atoms with Gasteiger partial charge in [-0.25, -0.2) is 0 Å². The number of benzene rings is 3. The third-order valence-corrected chi connectivity index (χ3v) is 13.1. The second-order valence-electron chi connectivity index (χ2n) is 16.8. The van der Waals surface area contributed by atoms with E-state index in [1.807, 2.05) is 73.6 Å². The molecule has 3 saturated heterocycles. The Morgan fingerprint density at radius 1 is 0.667 bits per heavy atom. The molecule has 0 aromatic heterocycles. The number of nitrogens with zero attached hydrogens (tertiary/aromatic N) is 4. The van der Waals surface area contributed by atoms with Crippen LogP contribution in [0.2, 0.25) is 0 Å². The minimum Gasteiger partial charge on any atom is -0.354 e. The first kappa shape index (κ1) is 38.3. The van der Waals surface area contributed by atoms with Crippen LogP contribution in [0.25, 0.3) is 0 Å². The van der Waals surface area contributed by atoms with Gasteiger partial charge >= 0.3 is 0 Å². The predicted molar refractivity (Wildman–Crippen MR) is 215 cm³/mol. The summed E-state index contributed by atoms with van der Waals surface area (Å²) in [6.45, 7) is 5.09. The average Bonchev–Trinajstić information content (AvgIpc) is 3.90. The highest BCUT2D eigenvalue weighted by molar-refractivity contribution is 5.93. The first-order valence-corrected chi connectivity index (χ1v) is 20.8. The lowest BCUT2D eigenvalue weighted by Gasteiger charge is -2.38. The fraction of sp³-hybridized carbons (Fsp3) is 0.543. The van der Waals surface area contributed by atoms with Crippen LogP contribution in [-0.4, -0.2) is 109 Å². The van der Waals surface area contributed by atoms with E-state index in [2.05, 4.69) is 51.5 Å². The van der Waals surface area contributed by atoms with Gasteiger partial charge in [0.15, 0.2) is 0 Å². The highest BCUT2D eigenvalue weighted by Crippen LogP contribution is 2.43. The van der Waals surface area contributed by atoms with E-state index in [4.69, 9.17) is 0 Å². The van der Waals surface area contributed by atoms with Crippen molar-refractivity contribution >= 4 is 17.7 Å². The standard InChI is InChI=1S/C46H61N5O3/c1-48(2)40-29-42(45(54)50-28-16-26-41(50)44(53)47-31-36-19-15-27-49(33-36)32-35-17-7-3-8-18-35)51(34-40)43(52)30-46(37-20-9-4-10-21-37,38-22-11-5-12-23-38)39-24-13-6-14-25-39/h4-6,9-14,20-25,35-36,40-42H,3,7-8,15-19,26-34H2,1-2H3,(H,47,53)/t36-,40-,41-,42+/m1/s1. The smallest absolute Gasteiger partial charge is 0.246 e. The molecule has 0 unspecified atom stereocenters. The second kappa shape index (κ2) is 17.6. The molecule has 3 aromatic rings. The molecule has 1 N–H and O–H groups in total. The zero-order valence-electron chi connectivity index (χ0n) is 32.6. The van der Waals surface area contributed by atoms with Crippen molar-refractivity contribution in [1.29, 1.82) is 0 Å². The number of hydrogen-bond donors (Lipinski definition) is 1. The number of rotatable bonds is 12. The van der Waals surface area contributed by atoms with Crippen LogP contribution in [0.4, 0.5) is 0 Å². The molecule has 0 bridgehead atoms. The van der Waals surface area contributed by atoms with Crippen molar-refractivity contribution in [3.63, 3.8) is 0 Å². The van der Waals surface area contributed by atoms with Crippen LogP contribution in [0.3, 0.4) is 0 Å². The Morgan fingerprint density at radius 2 is 1.24 bits per heavy atom. The minimum atomic E-state index is -0.758. The van der Waals surface area contributed by atoms with Gasteiger partial charge < -0.3 is 24.9 Å². The van der Waals surface area contributed by atoms with Crippen LogP contribution in [0.15, 0.2) is 91.0 Å². The quantitative estimate of drug-likeness (QED) is 0.220. The summed E-state index contributed by atoms with van der Waals surface area (Å²) in [6, 6.07) is 29.8. The molecule has 3 aromatic carbocycles. The monoisotopic (exact) mass is 731 g/mol.